The minimum absolute atomic E-state index is 0.0452. The summed E-state index contributed by atoms with van der Waals surface area (Å²) >= 11 is 1.43. The molecular weight excluding hydrogens is 260 g/mol. The van der Waals surface area contributed by atoms with Crippen LogP contribution in [0.2, 0.25) is 0 Å². The second-order valence-corrected chi connectivity index (χ2v) is 5.79. The molecule has 0 fully saturated rings. The molecule has 0 aliphatic heterocycles. The first-order valence-electron chi connectivity index (χ1n) is 6.74. The Hall–Kier alpha value is -1.36. The van der Waals surface area contributed by atoms with Crippen molar-refractivity contribution in [2.24, 2.45) is 0 Å². The Balaban J connectivity index is 2.14. The molecule has 0 aliphatic carbocycles. The average Bonchev–Trinajstić information content (AvgIpc) is 2.82. The minimum atomic E-state index is -0.181. The number of hydrogen-bond donors (Lipinski definition) is 2. The molecule has 0 atom stereocenters. The summed E-state index contributed by atoms with van der Waals surface area (Å²) < 4.78 is 0. The van der Waals surface area contributed by atoms with Gasteiger partial charge < -0.3 is 10.6 Å². The summed E-state index contributed by atoms with van der Waals surface area (Å²) in [7, 11) is 0. The highest BCUT2D eigenvalue weighted by atomic mass is 32.1. The van der Waals surface area contributed by atoms with Crippen molar-refractivity contribution < 1.29 is 9.59 Å². The van der Waals surface area contributed by atoms with Crippen LogP contribution < -0.4 is 10.6 Å². The van der Waals surface area contributed by atoms with E-state index in [1.165, 1.54) is 24.2 Å². The predicted molar refractivity (Wildman–Crippen MR) is 78.5 cm³/mol. The molecule has 106 valence electrons. The maximum absolute atomic E-state index is 11.7. The van der Waals surface area contributed by atoms with E-state index in [1.807, 2.05) is 13.0 Å². The molecule has 0 aliphatic rings. The van der Waals surface area contributed by atoms with Crippen molar-refractivity contribution in [2.45, 2.75) is 39.5 Å². The van der Waals surface area contributed by atoms with Crippen LogP contribution in [0, 0.1) is 6.92 Å². The molecule has 1 aromatic rings. The normalized spacial score (nSPS) is 10.2. The highest BCUT2D eigenvalue weighted by Crippen LogP contribution is 2.14. The van der Waals surface area contributed by atoms with Gasteiger partial charge in [-0.25, -0.2) is 0 Å². The second kappa shape index (κ2) is 8.69. The second-order valence-electron chi connectivity index (χ2n) is 4.50. The monoisotopic (exact) mass is 282 g/mol. The van der Waals surface area contributed by atoms with E-state index in [0.29, 0.717) is 11.4 Å². The van der Waals surface area contributed by atoms with Gasteiger partial charge in [-0.15, -0.1) is 11.3 Å². The molecule has 0 saturated carbocycles. The van der Waals surface area contributed by atoms with E-state index >= 15 is 0 Å². The van der Waals surface area contributed by atoms with Gasteiger partial charge in [0.15, 0.2) is 0 Å². The molecule has 0 radical (unpaired) electrons. The molecule has 0 spiro atoms. The number of hydrogen-bond acceptors (Lipinski definition) is 3. The average molecular weight is 282 g/mol. The number of rotatable bonds is 8. The number of aryl methyl sites for hydroxylation is 1. The van der Waals surface area contributed by atoms with Gasteiger partial charge in [0.1, 0.15) is 0 Å². The van der Waals surface area contributed by atoms with Crippen molar-refractivity contribution in [3.8, 4) is 0 Å². The zero-order chi connectivity index (χ0) is 14.1. The fourth-order valence-electron chi connectivity index (χ4n) is 1.65. The van der Waals surface area contributed by atoms with Crippen molar-refractivity contribution in [1.82, 2.24) is 10.6 Å². The molecule has 4 nitrogen and oxygen atoms in total. The Labute approximate surface area is 118 Å². The lowest BCUT2D eigenvalue weighted by atomic mass is 10.2. The predicted octanol–water partition coefficient (Wildman–Crippen LogP) is 2.48. The van der Waals surface area contributed by atoms with E-state index < -0.39 is 0 Å². The minimum Gasteiger partial charge on any atom is -0.355 e. The fourth-order valence-corrected chi connectivity index (χ4v) is 2.43. The summed E-state index contributed by atoms with van der Waals surface area (Å²) in [6, 6.07) is 3.67. The number of nitrogens with one attached hydrogen (secondary N) is 2. The van der Waals surface area contributed by atoms with Crippen LogP contribution in [0.25, 0.3) is 0 Å². The number of thiophene rings is 1. The summed E-state index contributed by atoms with van der Waals surface area (Å²) in [5.41, 5.74) is 0. The number of carbonyl (C=O) groups excluding carboxylic acids is 2. The molecule has 5 heteroatoms. The fraction of sp³-hybridized carbons (Fsp3) is 0.571. The van der Waals surface area contributed by atoms with Gasteiger partial charge in [-0.2, -0.15) is 0 Å². The summed E-state index contributed by atoms with van der Waals surface area (Å²) in [5.74, 6) is -0.308. The number of carbonyl (C=O) groups is 2. The third kappa shape index (κ3) is 6.38. The van der Waals surface area contributed by atoms with Gasteiger partial charge in [0.2, 0.25) is 5.91 Å². The maximum atomic E-state index is 11.7. The lowest BCUT2D eigenvalue weighted by Crippen LogP contribution is -2.37. The van der Waals surface area contributed by atoms with Crippen LogP contribution >= 0.6 is 11.3 Å². The van der Waals surface area contributed by atoms with Gasteiger partial charge in [-0.1, -0.05) is 26.2 Å². The van der Waals surface area contributed by atoms with Gasteiger partial charge in [-0.05, 0) is 25.5 Å². The largest absolute Gasteiger partial charge is 0.355 e. The third-order valence-corrected chi connectivity index (χ3v) is 3.73. The van der Waals surface area contributed by atoms with E-state index in [2.05, 4.69) is 17.6 Å². The summed E-state index contributed by atoms with van der Waals surface area (Å²) in [6.07, 6.45) is 4.52. The molecule has 0 saturated heterocycles. The van der Waals surface area contributed by atoms with Crippen LogP contribution in [0.5, 0.6) is 0 Å². The van der Waals surface area contributed by atoms with Crippen LogP contribution in [0.15, 0.2) is 12.1 Å². The van der Waals surface area contributed by atoms with Crippen LogP contribution in [0.4, 0.5) is 0 Å². The maximum Gasteiger partial charge on any atom is 0.261 e. The van der Waals surface area contributed by atoms with Crippen molar-refractivity contribution in [2.75, 3.05) is 13.1 Å². The van der Waals surface area contributed by atoms with Gasteiger partial charge in [0, 0.05) is 11.4 Å². The zero-order valence-corrected chi connectivity index (χ0v) is 12.4. The first kappa shape index (κ1) is 15.7. The smallest absolute Gasteiger partial charge is 0.261 e. The Morgan fingerprint density at radius 2 is 1.95 bits per heavy atom. The highest BCUT2D eigenvalue weighted by molar-refractivity contribution is 7.13. The molecule has 2 amide bonds. The third-order valence-electron chi connectivity index (χ3n) is 2.73. The summed E-state index contributed by atoms with van der Waals surface area (Å²) in [5, 5.41) is 5.43. The first-order chi connectivity index (χ1) is 9.13. The molecule has 19 heavy (non-hydrogen) atoms. The standard InChI is InChI=1S/C14H22N2O2S/c1-3-4-5-6-9-15-13(17)10-16-14(18)12-8-7-11(2)19-12/h7-8H,3-6,9-10H2,1-2H3,(H,15,17)(H,16,18). The molecular formula is C14H22N2O2S. The van der Waals surface area contributed by atoms with Crippen LogP contribution in [0.1, 0.15) is 47.2 Å². The Kier molecular flexibility index (Phi) is 7.18. The Morgan fingerprint density at radius 1 is 1.16 bits per heavy atom. The lowest BCUT2D eigenvalue weighted by molar-refractivity contribution is -0.120. The van der Waals surface area contributed by atoms with Crippen LogP contribution in [-0.4, -0.2) is 24.9 Å². The van der Waals surface area contributed by atoms with E-state index in [1.54, 1.807) is 6.07 Å². The zero-order valence-electron chi connectivity index (χ0n) is 11.6. The van der Waals surface area contributed by atoms with Crippen molar-refractivity contribution in [3.05, 3.63) is 21.9 Å². The topological polar surface area (TPSA) is 58.2 Å². The van der Waals surface area contributed by atoms with Gasteiger partial charge in [0.25, 0.3) is 5.91 Å². The van der Waals surface area contributed by atoms with E-state index in [4.69, 9.17) is 0 Å². The summed E-state index contributed by atoms with van der Waals surface area (Å²) in [4.78, 5) is 24.9. The Morgan fingerprint density at radius 3 is 2.58 bits per heavy atom. The SMILES string of the molecule is CCCCCCNC(=O)CNC(=O)c1ccc(C)s1. The molecule has 0 bridgehead atoms. The molecule has 1 heterocycles. The quantitative estimate of drug-likeness (QED) is 0.720. The van der Waals surface area contributed by atoms with Gasteiger partial charge >= 0.3 is 0 Å². The summed E-state index contributed by atoms with van der Waals surface area (Å²) in [6.45, 7) is 4.83. The molecule has 0 unspecified atom stereocenters. The first-order valence-corrected chi connectivity index (χ1v) is 7.56. The van der Waals surface area contributed by atoms with E-state index in [-0.39, 0.29) is 18.4 Å². The van der Waals surface area contributed by atoms with Crippen molar-refractivity contribution >= 4 is 23.2 Å². The number of amides is 2. The molecule has 0 aromatic carbocycles. The molecule has 1 rings (SSSR count). The van der Waals surface area contributed by atoms with Crippen molar-refractivity contribution in [3.63, 3.8) is 0 Å². The van der Waals surface area contributed by atoms with E-state index in [0.717, 1.165) is 17.7 Å². The van der Waals surface area contributed by atoms with Gasteiger partial charge in [-0.3, -0.25) is 9.59 Å². The van der Waals surface area contributed by atoms with E-state index in [9.17, 15) is 9.59 Å². The number of unbranched alkanes of at least 4 members (excludes halogenated alkanes) is 3. The lowest BCUT2D eigenvalue weighted by Gasteiger charge is -2.06. The molecule has 2 N–H and O–H groups in total. The van der Waals surface area contributed by atoms with Crippen molar-refractivity contribution in [1.29, 1.82) is 0 Å². The highest BCUT2D eigenvalue weighted by Gasteiger charge is 2.09. The Bertz CT molecular complexity index is 415. The van der Waals surface area contributed by atoms with Gasteiger partial charge in [0.05, 0.1) is 11.4 Å². The van der Waals surface area contributed by atoms with Crippen LogP contribution in [0.3, 0.4) is 0 Å². The van der Waals surface area contributed by atoms with Crippen LogP contribution in [-0.2, 0) is 4.79 Å². The molecule has 1 aromatic heterocycles.